The number of carbonyl (C=O) groups excluding carboxylic acids is 1. The number of halogens is 1. The number of aliphatic hydroxyl groups is 1. The highest BCUT2D eigenvalue weighted by Gasteiger charge is 2.25. The van der Waals surface area contributed by atoms with Crippen LogP contribution in [0.15, 0.2) is 48.5 Å². The lowest BCUT2D eigenvalue weighted by Crippen LogP contribution is -2.45. The fraction of sp³-hybridized carbons (Fsp3) is 0.552. The lowest BCUT2D eigenvalue weighted by atomic mass is 9.83. The van der Waals surface area contributed by atoms with E-state index >= 15 is 0 Å². The van der Waals surface area contributed by atoms with Crippen LogP contribution in [0.2, 0.25) is 0 Å². The summed E-state index contributed by atoms with van der Waals surface area (Å²) in [5.74, 6) is 1.66. The molecular formula is C29H45ClN2O6. The second-order valence-corrected chi connectivity index (χ2v) is 9.63. The third-order valence-corrected chi connectivity index (χ3v) is 6.55. The van der Waals surface area contributed by atoms with E-state index in [1.807, 2.05) is 48.5 Å². The van der Waals surface area contributed by atoms with Crippen molar-refractivity contribution in [1.29, 1.82) is 0 Å². The number of amides is 1. The molecule has 0 spiro atoms. The second kappa shape index (κ2) is 18.0. The van der Waals surface area contributed by atoms with Gasteiger partial charge in [-0.2, -0.15) is 0 Å². The molecule has 4 unspecified atom stereocenters. The summed E-state index contributed by atoms with van der Waals surface area (Å²) >= 11 is 0. The van der Waals surface area contributed by atoms with Crippen LogP contribution in [0.25, 0.3) is 0 Å². The molecule has 0 fully saturated rings. The molecule has 38 heavy (non-hydrogen) atoms. The molecule has 0 saturated carbocycles. The van der Waals surface area contributed by atoms with Gasteiger partial charge in [0.15, 0.2) is 17.6 Å². The number of aliphatic hydroxyl groups excluding tert-OH is 1. The molecule has 4 atom stereocenters. The molecule has 0 aliphatic carbocycles. The van der Waals surface area contributed by atoms with Crippen LogP contribution < -0.4 is 20.5 Å². The van der Waals surface area contributed by atoms with Crippen LogP contribution >= 0.6 is 12.4 Å². The summed E-state index contributed by atoms with van der Waals surface area (Å²) in [6.45, 7) is 5.54. The summed E-state index contributed by atoms with van der Waals surface area (Å²) in [5.41, 5.74) is 8.26. The molecule has 2 aromatic rings. The number of rotatable bonds is 17. The normalized spacial score (nSPS) is 14.2. The minimum atomic E-state index is -0.881. The van der Waals surface area contributed by atoms with E-state index in [0.717, 1.165) is 24.0 Å². The fourth-order valence-corrected chi connectivity index (χ4v) is 4.22. The average Bonchev–Trinajstić information content (AvgIpc) is 2.90. The van der Waals surface area contributed by atoms with Gasteiger partial charge in [0.2, 0.25) is 0 Å². The molecule has 214 valence electrons. The number of benzene rings is 2. The topological polar surface area (TPSA) is 112 Å². The zero-order valence-electron chi connectivity index (χ0n) is 23.2. The van der Waals surface area contributed by atoms with E-state index in [0.29, 0.717) is 37.1 Å². The molecule has 0 radical (unpaired) electrons. The Labute approximate surface area is 233 Å². The van der Waals surface area contributed by atoms with E-state index in [4.69, 9.17) is 24.7 Å². The van der Waals surface area contributed by atoms with Crippen molar-refractivity contribution >= 4 is 18.3 Å². The van der Waals surface area contributed by atoms with E-state index in [2.05, 4.69) is 19.2 Å². The summed E-state index contributed by atoms with van der Waals surface area (Å²) in [6, 6.07) is 14.7. The number of methoxy groups -OCH3 is 3. The second-order valence-electron chi connectivity index (χ2n) is 9.63. The SMILES string of the molecule is COCCCOc1cc(CC(CC(N)C(O)CNC(=O)C(OC)c2ccccc2)C(C)C)ccc1OC.Cl. The van der Waals surface area contributed by atoms with Gasteiger partial charge in [0.1, 0.15) is 0 Å². The molecule has 0 aliphatic heterocycles. The van der Waals surface area contributed by atoms with Gasteiger partial charge >= 0.3 is 0 Å². The Balaban J connectivity index is 0.00000722. The number of hydrogen-bond donors (Lipinski definition) is 3. The summed E-state index contributed by atoms with van der Waals surface area (Å²) in [5, 5.41) is 13.5. The number of nitrogens with one attached hydrogen (secondary N) is 1. The third kappa shape index (κ3) is 10.8. The van der Waals surface area contributed by atoms with Crippen LogP contribution in [0, 0.1) is 11.8 Å². The molecular weight excluding hydrogens is 508 g/mol. The van der Waals surface area contributed by atoms with Crippen molar-refractivity contribution in [1.82, 2.24) is 5.32 Å². The molecule has 0 aliphatic rings. The van der Waals surface area contributed by atoms with Crippen LogP contribution in [-0.4, -0.2) is 64.2 Å². The Morgan fingerprint density at radius 3 is 2.34 bits per heavy atom. The molecule has 8 nitrogen and oxygen atoms in total. The molecule has 0 aromatic heterocycles. The molecule has 1 amide bonds. The Morgan fingerprint density at radius 2 is 1.74 bits per heavy atom. The van der Waals surface area contributed by atoms with Gasteiger partial charge in [0.05, 0.1) is 19.8 Å². The third-order valence-electron chi connectivity index (χ3n) is 6.55. The highest BCUT2D eigenvalue weighted by atomic mass is 35.5. The molecule has 0 saturated heterocycles. The zero-order chi connectivity index (χ0) is 27.2. The largest absolute Gasteiger partial charge is 0.493 e. The monoisotopic (exact) mass is 552 g/mol. The number of nitrogens with two attached hydrogens (primary N) is 1. The first-order chi connectivity index (χ1) is 17.8. The van der Waals surface area contributed by atoms with Gasteiger partial charge in [0.25, 0.3) is 5.91 Å². The number of hydrogen-bond acceptors (Lipinski definition) is 7. The van der Waals surface area contributed by atoms with Gasteiger partial charge in [-0.3, -0.25) is 4.79 Å². The van der Waals surface area contributed by atoms with Crippen molar-refractivity contribution < 1.29 is 28.8 Å². The van der Waals surface area contributed by atoms with Gasteiger partial charge in [0, 0.05) is 39.8 Å². The maximum atomic E-state index is 12.7. The average molecular weight is 553 g/mol. The highest BCUT2D eigenvalue weighted by molar-refractivity contribution is 5.85. The summed E-state index contributed by atoms with van der Waals surface area (Å²) in [7, 11) is 4.79. The molecule has 9 heteroatoms. The molecule has 2 rings (SSSR count). The van der Waals surface area contributed by atoms with Crippen molar-refractivity contribution in [3.63, 3.8) is 0 Å². The lowest BCUT2D eigenvalue weighted by molar-refractivity contribution is -0.132. The van der Waals surface area contributed by atoms with Crippen molar-refractivity contribution in [2.24, 2.45) is 17.6 Å². The minimum absolute atomic E-state index is 0. The van der Waals surface area contributed by atoms with Gasteiger partial charge in [-0.15, -0.1) is 12.4 Å². The predicted molar refractivity (Wildman–Crippen MR) is 152 cm³/mol. The lowest BCUT2D eigenvalue weighted by Gasteiger charge is -2.28. The van der Waals surface area contributed by atoms with Gasteiger partial charge in [-0.05, 0) is 47.9 Å². The van der Waals surface area contributed by atoms with Gasteiger partial charge in [-0.25, -0.2) is 0 Å². The minimum Gasteiger partial charge on any atom is -0.493 e. The van der Waals surface area contributed by atoms with E-state index in [9.17, 15) is 9.90 Å². The van der Waals surface area contributed by atoms with Gasteiger partial charge in [-0.1, -0.05) is 50.2 Å². The van der Waals surface area contributed by atoms with Gasteiger partial charge < -0.3 is 35.1 Å². The standard InChI is InChI=1S/C29H44N2O6.ClH/c1-20(2)23(16-21-12-13-26(35-4)27(17-21)37-15-9-14-34-3)18-24(30)25(32)19-31-29(33)28(36-5)22-10-7-6-8-11-22;/h6-8,10-13,17,20,23-25,28,32H,9,14-16,18-19,30H2,1-5H3,(H,31,33);1H. The van der Waals surface area contributed by atoms with Crippen LogP contribution in [-0.2, 0) is 20.7 Å². The van der Waals surface area contributed by atoms with Crippen molar-refractivity contribution in [3.05, 3.63) is 59.7 Å². The predicted octanol–water partition coefficient (Wildman–Crippen LogP) is 3.93. The van der Waals surface area contributed by atoms with E-state index in [-0.39, 0.29) is 30.8 Å². The van der Waals surface area contributed by atoms with E-state index in [1.54, 1.807) is 14.2 Å². The van der Waals surface area contributed by atoms with Crippen molar-refractivity contribution in [2.45, 2.75) is 51.4 Å². The maximum absolute atomic E-state index is 12.7. The van der Waals surface area contributed by atoms with E-state index < -0.39 is 18.2 Å². The quantitative estimate of drug-likeness (QED) is 0.255. The Morgan fingerprint density at radius 1 is 1.03 bits per heavy atom. The first kappa shape index (κ1) is 33.7. The fourth-order valence-electron chi connectivity index (χ4n) is 4.22. The number of ether oxygens (including phenoxy) is 4. The summed E-state index contributed by atoms with van der Waals surface area (Å²) < 4.78 is 21.8. The smallest absolute Gasteiger partial charge is 0.253 e. The first-order valence-electron chi connectivity index (χ1n) is 12.9. The Hall–Kier alpha value is -2.36. The molecule has 0 bridgehead atoms. The summed E-state index contributed by atoms with van der Waals surface area (Å²) in [6.07, 6.45) is 0.556. The molecule has 2 aromatic carbocycles. The van der Waals surface area contributed by atoms with Crippen molar-refractivity contribution in [3.8, 4) is 11.5 Å². The van der Waals surface area contributed by atoms with Crippen LogP contribution in [0.1, 0.15) is 43.9 Å². The summed E-state index contributed by atoms with van der Waals surface area (Å²) in [4.78, 5) is 12.7. The number of carbonyl (C=O) groups is 1. The highest BCUT2D eigenvalue weighted by Crippen LogP contribution is 2.31. The molecule has 0 heterocycles. The zero-order valence-corrected chi connectivity index (χ0v) is 24.0. The van der Waals surface area contributed by atoms with Crippen molar-refractivity contribution in [2.75, 3.05) is 41.1 Å². The first-order valence-corrected chi connectivity index (χ1v) is 12.9. The van der Waals surface area contributed by atoms with E-state index in [1.165, 1.54) is 7.11 Å². The Kier molecular flexibility index (Phi) is 16.0. The van der Waals surface area contributed by atoms with Crippen LogP contribution in [0.5, 0.6) is 11.5 Å². The van der Waals surface area contributed by atoms with Crippen LogP contribution in [0.3, 0.4) is 0 Å². The Bertz CT molecular complexity index is 931. The maximum Gasteiger partial charge on any atom is 0.253 e. The molecule has 4 N–H and O–H groups in total. The van der Waals surface area contributed by atoms with Crippen LogP contribution in [0.4, 0.5) is 0 Å².